The number of sulfonamides is 1. The van der Waals surface area contributed by atoms with E-state index >= 15 is 0 Å². The van der Waals surface area contributed by atoms with Gasteiger partial charge in [-0.15, -0.1) is 0 Å². The van der Waals surface area contributed by atoms with Crippen molar-refractivity contribution in [3.63, 3.8) is 0 Å². The molecule has 0 radical (unpaired) electrons. The normalized spacial score (nSPS) is 17.6. The van der Waals surface area contributed by atoms with Crippen molar-refractivity contribution >= 4 is 43.5 Å². The van der Waals surface area contributed by atoms with Crippen LogP contribution in [-0.4, -0.2) is 38.3 Å². The quantitative estimate of drug-likeness (QED) is 0.869. The molecule has 1 aromatic carbocycles. The molecule has 8 heteroatoms. The molecular formula is C10H10BrClN2O3S. The molecule has 1 aromatic rings. The van der Waals surface area contributed by atoms with Crippen LogP contribution in [-0.2, 0) is 14.8 Å². The first-order valence-corrected chi connectivity index (χ1v) is 7.75. The second kappa shape index (κ2) is 5.16. The van der Waals surface area contributed by atoms with Crippen LogP contribution in [0.2, 0.25) is 5.02 Å². The van der Waals surface area contributed by atoms with Crippen LogP contribution in [0.25, 0.3) is 0 Å². The van der Waals surface area contributed by atoms with Crippen molar-refractivity contribution in [3.05, 3.63) is 27.7 Å². The zero-order valence-corrected chi connectivity index (χ0v) is 12.3. The third kappa shape index (κ3) is 2.54. The van der Waals surface area contributed by atoms with Gasteiger partial charge in [0.2, 0.25) is 15.9 Å². The smallest absolute Gasteiger partial charge is 0.246 e. The average molecular weight is 354 g/mol. The second-order valence-corrected chi connectivity index (χ2v) is 6.88. The summed E-state index contributed by atoms with van der Waals surface area (Å²) in [5.74, 6) is -0.312. The summed E-state index contributed by atoms with van der Waals surface area (Å²) in [5, 5.41) is 2.71. The van der Waals surface area contributed by atoms with E-state index in [2.05, 4.69) is 21.2 Å². The van der Waals surface area contributed by atoms with Crippen LogP contribution in [0.4, 0.5) is 0 Å². The molecule has 98 valence electrons. The first kappa shape index (κ1) is 13.8. The van der Waals surface area contributed by atoms with Crippen molar-refractivity contribution in [1.29, 1.82) is 0 Å². The number of halogens is 2. The lowest BCUT2D eigenvalue weighted by Gasteiger charge is -2.26. The molecular weight excluding hydrogens is 344 g/mol. The van der Waals surface area contributed by atoms with Gasteiger partial charge in [0, 0.05) is 17.6 Å². The molecule has 0 aromatic heterocycles. The molecule has 1 heterocycles. The maximum atomic E-state index is 12.4. The van der Waals surface area contributed by atoms with Crippen molar-refractivity contribution in [2.75, 3.05) is 19.6 Å². The van der Waals surface area contributed by atoms with Gasteiger partial charge in [-0.25, -0.2) is 8.42 Å². The number of benzene rings is 1. The third-order valence-electron chi connectivity index (χ3n) is 2.52. The van der Waals surface area contributed by atoms with E-state index in [-0.39, 0.29) is 28.9 Å². The summed E-state index contributed by atoms with van der Waals surface area (Å²) < 4.78 is 26.3. The average Bonchev–Trinajstić information content (AvgIpc) is 2.28. The highest BCUT2D eigenvalue weighted by Gasteiger charge is 2.32. The molecule has 5 nitrogen and oxygen atoms in total. The third-order valence-corrected chi connectivity index (χ3v) is 5.82. The Balaban J connectivity index is 2.45. The minimum absolute atomic E-state index is 0.00127. The number of amides is 1. The van der Waals surface area contributed by atoms with Gasteiger partial charge in [0.05, 0.1) is 11.6 Å². The highest BCUT2D eigenvalue weighted by atomic mass is 79.9. The van der Waals surface area contributed by atoms with Gasteiger partial charge in [0.1, 0.15) is 4.90 Å². The Labute approximate surface area is 118 Å². The first-order valence-electron chi connectivity index (χ1n) is 5.14. The van der Waals surface area contributed by atoms with Crippen LogP contribution >= 0.6 is 27.5 Å². The number of nitrogens with one attached hydrogen (secondary N) is 1. The predicted octanol–water partition coefficient (Wildman–Crippen LogP) is 1.22. The van der Waals surface area contributed by atoms with E-state index in [4.69, 9.17) is 11.6 Å². The Bertz CT molecular complexity index is 571. The van der Waals surface area contributed by atoms with E-state index < -0.39 is 10.0 Å². The van der Waals surface area contributed by atoms with Crippen LogP contribution in [0, 0.1) is 0 Å². The van der Waals surface area contributed by atoms with Gasteiger partial charge in [-0.2, -0.15) is 4.31 Å². The predicted molar refractivity (Wildman–Crippen MR) is 70.9 cm³/mol. The van der Waals surface area contributed by atoms with Crippen molar-refractivity contribution < 1.29 is 13.2 Å². The largest absolute Gasteiger partial charge is 0.354 e. The van der Waals surface area contributed by atoms with Gasteiger partial charge in [0.15, 0.2) is 0 Å². The Hall–Kier alpha value is -0.630. The molecule has 1 amide bonds. The molecule has 0 bridgehead atoms. The van der Waals surface area contributed by atoms with Crippen LogP contribution in [0.1, 0.15) is 0 Å². The highest BCUT2D eigenvalue weighted by molar-refractivity contribution is 9.10. The Kier molecular flexibility index (Phi) is 3.96. The molecule has 2 rings (SSSR count). The summed E-state index contributed by atoms with van der Waals surface area (Å²) in [6.45, 7) is 0.367. The minimum atomic E-state index is -3.76. The number of carbonyl (C=O) groups is 1. The molecule has 18 heavy (non-hydrogen) atoms. The van der Waals surface area contributed by atoms with Gasteiger partial charge >= 0.3 is 0 Å². The molecule has 0 aliphatic carbocycles. The Morgan fingerprint density at radius 3 is 2.72 bits per heavy atom. The first-order chi connectivity index (χ1) is 8.43. The van der Waals surface area contributed by atoms with Gasteiger partial charge in [-0.1, -0.05) is 17.7 Å². The Morgan fingerprint density at radius 2 is 2.11 bits per heavy atom. The van der Waals surface area contributed by atoms with E-state index in [1.165, 1.54) is 6.07 Å². The van der Waals surface area contributed by atoms with Crippen LogP contribution in [0.15, 0.2) is 27.6 Å². The maximum Gasteiger partial charge on any atom is 0.246 e. The van der Waals surface area contributed by atoms with Gasteiger partial charge in [-0.3, -0.25) is 4.79 Å². The highest BCUT2D eigenvalue weighted by Crippen LogP contribution is 2.31. The maximum absolute atomic E-state index is 12.4. The number of hydrogen-bond acceptors (Lipinski definition) is 3. The zero-order chi connectivity index (χ0) is 13.3. The standard InChI is InChI=1S/C10H10BrClN2O3S/c11-7-2-1-3-8(12)10(7)18(16,17)14-5-4-13-9(15)6-14/h1-3H,4-6H2,(H,13,15). The van der Waals surface area contributed by atoms with Crippen molar-refractivity contribution in [3.8, 4) is 0 Å². The molecule has 1 aliphatic rings. The van der Waals surface area contributed by atoms with Gasteiger partial charge < -0.3 is 5.32 Å². The van der Waals surface area contributed by atoms with E-state index in [0.29, 0.717) is 11.0 Å². The Morgan fingerprint density at radius 1 is 1.39 bits per heavy atom. The molecule has 0 unspecified atom stereocenters. The summed E-state index contributed by atoms with van der Waals surface area (Å²) in [6, 6.07) is 4.75. The number of carbonyl (C=O) groups excluding carboxylic acids is 1. The number of hydrogen-bond donors (Lipinski definition) is 1. The molecule has 0 spiro atoms. The molecule has 0 atom stereocenters. The lowest BCUT2D eigenvalue weighted by molar-refractivity contribution is -0.122. The summed E-state index contributed by atoms with van der Waals surface area (Å²) in [7, 11) is -3.76. The lowest BCUT2D eigenvalue weighted by atomic mass is 10.4. The summed E-state index contributed by atoms with van der Waals surface area (Å²) in [4.78, 5) is 11.3. The summed E-state index contributed by atoms with van der Waals surface area (Å²) >= 11 is 9.11. The molecule has 1 fully saturated rings. The van der Waals surface area contributed by atoms with Crippen LogP contribution in [0.5, 0.6) is 0 Å². The van der Waals surface area contributed by atoms with E-state index in [0.717, 1.165) is 4.31 Å². The lowest BCUT2D eigenvalue weighted by Crippen LogP contribution is -2.49. The van der Waals surface area contributed by atoms with E-state index in [1.807, 2.05) is 0 Å². The summed E-state index contributed by atoms with van der Waals surface area (Å²) in [5.41, 5.74) is 0. The monoisotopic (exact) mass is 352 g/mol. The molecule has 1 N–H and O–H groups in total. The number of rotatable bonds is 2. The fourth-order valence-corrected chi connectivity index (χ4v) is 4.75. The zero-order valence-electron chi connectivity index (χ0n) is 9.19. The molecule has 1 saturated heterocycles. The number of piperazine rings is 1. The minimum Gasteiger partial charge on any atom is -0.354 e. The topological polar surface area (TPSA) is 66.5 Å². The summed E-state index contributed by atoms with van der Waals surface area (Å²) in [6.07, 6.45) is 0. The van der Waals surface area contributed by atoms with E-state index in [9.17, 15) is 13.2 Å². The van der Waals surface area contributed by atoms with Crippen molar-refractivity contribution in [2.24, 2.45) is 0 Å². The van der Waals surface area contributed by atoms with Crippen molar-refractivity contribution in [1.82, 2.24) is 9.62 Å². The van der Waals surface area contributed by atoms with Crippen LogP contribution < -0.4 is 5.32 Å². The molecule has 1 aliphatic heterocycles. The van der Waals surface area contributed by atoms with Gasteiger partial charge in [0.25, 0.3) is 0 Å². The van der Waals surface area contributed by atoms with Gasteiger partial charge in [-0.05, 0) is 28.1 Å². The molecule has 0 saturated carbocycles. The SMILES string of the molecule is O=C1CN(S(=O)(=O)c2c(Cl)cccc2Br)CCN1. The fourth-order valence-electron chi connectivity index (χ4n) is 1.68. The fraction of sp³-hybridized carbons (Fsp3) is 0.300. The van der Waals surface area contributed by atoms with Crippen molar-refractivity contribution in [2.45, 2.75) is 4.90 Å². The second-order valence-electron chi connectivity index (χ2n) is 3.74. The van der Waals surface area contributed by atoms with E-state index in [1.54, 1.807) is 12.1 Å². The van der Waals surface area contributed by atoms with Crippen LogP contribution in [0.3, 0.4) is 0 Å². The number of nitrogens with zero attached hydrogens (tertiary/aromatic N) is 1.